The maximum Gasteiger partial charge on any atom is 0.393 e. The van der Waals surface area contributed by atoms with Crippen LogP contribution in [-0.2, 0) is 17.8 Å². The number of halogens is 3. The van der Waals surface area contributed by atoms with Gasteiger partial charge in [-0.05, 0) is 47.2 Å². The molecule has 1 N–H and O–H groups in total. The van der Waals surface area contributed by atoms with E-state index in [-0.39, 0.29) is 29.1 Å². The molecule has 4 rings (SSSR count). The van der Waals surface area contributed by atoms with Crippen molar-refractivity contribution in [3.8, 4) is 0 Å². The average molecular weight is 461 g/mol. The van der Waals surface area contributed by atoms with Crippen molar-refractivity contribution < 1.29 is 22.8 Å². The molecule has 0 radical (unpaired) electrons. The normalized spacial score (nSPS) is 21.6. The van der Waals surface area contributed by atoms with Gasteiger partial charge < -0.3 is 10.2 Å². The van der Waals surface area contributed by atoms with Crippen molar-refractivity contribution in [1.82, 2.24) is 14.8 Å². The Bertz CT molecular complexity index is 1060. The zero-order valence-electron chi connectivity index (χ0n) is 18.7. The summed E-state index contributed by atoms with van der Waals surface area (Å²) in [7, 11) is 1.83. The summed E-state index contributed by atoms with van der Waals surface area (Å²) in [5, 5.41) is 2.66. The maximum absolute atomic E-state index is 12.8. The van der Waals surface area contributed by atoms with Crippen LogP contribution >= 0.6 is 0 Å². The van der Waals surface area contributed by atoms with E-state index in [9.17, 15) is 22.8 Å². The van der Waals surface area contributed by atoms with Crippen molar-refractivity contribution in [2.24, 2.45) is 0 Å². The number of anilines is 1. The number of carbonyl (C=O) groups excluding carboxylic acids is 2. The van der Waals surface area contributed by atoms with Crippen LogP contribution in [0.25, 0.3) is 0 Å². The number of pyridine rings is 1. The molecule has 2 amide bonds. The summed E-state index contributed by atoms with van der Waals surface area (Å²) in [6.45, 7) is 4.40. The van der Waals surface area contributed by atoms with Crippen LogP contribution in [-0.4, -0.2) is 59.0 Å². The number of fused-ring (bicyclic) bond motifs is 1. The number of piperidine rings is 1. The summed E-state index contributed by atoms with van der Waals surface area (Å²) >= 11 is 0. The van der Waals surface area contributed by atoms with Gasteiger partial charge in [0.25, 0.3) is 5.91 Å². The zero-order chi connectivity index (χ0) is 23.8. The van der Waals surface area contributed by atoms with Crippen molar-refractivity contribution in [2.45, 2.75) is 50.9 Å². The Balaban J connectivity index is 1.48. The molecule has 3 heterocycles. The van der Waals surface area contributed by atoms with Gasteiger partial charge in [-0.25, -0.2) is 0 Å². The van der Waals surface area contributed by atoms with E-state index in [0.29, 0.717) is 18.5 Å². The molecule has 33 heavy (non-hydrogen) atoms. The number of alkyl halides is 3. The summed E-state index contributed by atoms with van der Waals surface area (Å²) in [6.07, 6.45) is -1.55. The number of hydrogen-bond acceptors (Lipinski definition) is 4. The molecule has 2 atom stereocenters. The fourth-order valence-electron chi connectivity index (χ4n) is 4.70. The molecule has 176 valence electrons. The lowest BCUT2D eigenvalue weighted by Gasteiger charge is -2.41. The Kier molecular flexibility index (Phi) is 6.43. The van der Waals surface area contributed by atoms with Gasteiger partial charge >= 0.3 is 6.18 Å². The van der Waals surface area contributed by atoms with Crippen molar-refractivity contribution in [3.63, 3.8) is 0 Å². The summed E-state index contributed by atoms with van der Waals surface area (Å²) in [5.74, 6) is 0.0195. The second-order valence-electron chi connectivity index (χ2n) is 9.03. The van der Waals surface area contributed by atoms with Crippen molar-refractivity contribution in [3.05, 3.63) is 58.9 Å². The van der Waals surface area contributed by atoms with E-state index in [1.165, 1.54) is 17.8 Å². The van der Waals surface area contributed by atoms with Crippen LogP contribution in [0.1, 0.15) is 52.7 Å². The third kappa shape index (κ3) is 5.52. The van der Waals surface area contributed by atoms with E-state index < -0.39 is 18.5 Å². The molecule has 1 aromatic carbocycles. The van der Waals surface area contributed by atoms with Gasteiger partial charge in [0.05, 0.1) is 18.3 Å². The fraction of sp³-hybridized carbons (Fsp3) is 0.458. The lowest BCUT2D eigenvalue weighted by molar-refractivity contribution is -0.134. The number of hydrogen-bond donors (Lipinski definition) is 1. The Morgan fingerprint density at radius 3 is 2.76 bits per heavy atom. The molecule has 2 aliphatic heterocycles. The Morgan fingerprint density at radius 2 is 2.03 bits per heavy atom. The van der Waals surface area contributed by atoms with E-state index in [1.807, 2.05) is 19.2 Å². The van der Waals surface area contributed by atoms with Crippen molar-refractivity contribution >= 4 is 17.5 Å². The number of nitrogens with zero attached hydrogens (tertiary/aromatic N) is 3. The predicted molar refractivity (Wildman–Crippen MR) is 118 cm³/mol. The minimum atomic E-state index is -4.34. The van der Waals surface area contributed by atoms with Gasteiger partial charge in [-0.3, -0.25) is 19.5 Å². The minimum absolute atomic E-state index is 0.0112. The highest BCUT2D eigenvalue weighted by atomic mass is 19.4. The molecule has 6 nitrogen and oxygen atoms in total. The summed E-state index contributed by atoms with van der Waals surface area (Å²) < 4.78 is 38.0. The highest BCUT2D eigenvalue weighted by Crippen LogP contribution is 2.32. The third-order valence-electron chi connectivity index (χ3n) is 6.43. The summed E-state index contributed by atoms with van der Waals surface area (Å²) in [4.78, 5) is 32.9. The number of carbonyl (C=O) groups is 2. The van der Waals surface area contributed by atoms with Gasteiger partial charge in [-0.15, -0.1) is 0 Å². The summed E-state index contributed by atoms with van der Waals surface area (Å²) in [6, 6.07) is 7.01. The maximum atomic E-state index is 12.8. The zero-order valence-corrected chi connectivity index (χ0v) is 18.7. The fourth-order valence-corrected chi connectivity index (χ4v) is 4.70. The molecule has 2 aliphatic rings. The second-order valence-corrected chi connectivity index (χ2v) is 9.03. The van der Waals surface area contributed by atoms with Crippen LogP contribution < -0.4 is 5.32 Å². The molecule has 2 aromatic rings. The van der Waals surface area contributed by atoms with E-state index in [1.54, 1.807) is 11.0 Å². The van der Waals surface area contributed by atoms with Gasteiger partial charge in [0.2, 0.25) is 5.91 Å². The van der Waals surface area contributed by atoms with Gasteiger partial charge in [-0.2, -0.15) is 13.2 Å². The lowest BCUT2D eigenvalue weighted by Crippen LogP contribution is -2.48. The molecule has 1 aromatic heterocycles. The van der Waals surface area contributed by atoms with E-state index in [4.69, 9.17) is 0 Å². The van der Waals surface area contributed by atoms with Gasteiger partial charge in [-0.1, -0.05) is 13.0 Å². The highest BCUT2D eigenvalue weighted by molar-refractivity contribution is 6.04. The molecular formula is C24H27F3N4O2. The number of aromatic nitrogens is 1. The minimum Gasteiger partial charge on any atom is -0.346 e. The van der Waals surface area contributed by atoms with E-state index in [0.717, 1.165) is 31.3 Å². The second kappa shape index (κ2) is 9.13. The van der Waals surface area contributed by atoms with Crippen LogP contribution in [0.4, 0.5) is 18.9 Å². The quantitative estimate of drug-likeness (QED) is 0.750. The first-order valence-corrected chi connectivity index (χ1v) is 11.0. The SMILES string of the molecule is CC1CN(C2CCN(C)C(=O)C2)Cc2cc(C(=O)Nc3cncc(CC(F)(F)F)c3)ccc21. The first-order chi connectivity index (χ1) is 15.6. The largest absolute Gasteiger partial charge is 0.393 e. The molecule has 9 heteroatoms. The van der Waals surface area contributed by atoms with E-state index >= 15 is 0 Å². The van der Waals surface area contributed by atoms with Crippen LogP contribution in [0, 0.1) is 0 Å². The smallest absolute Gasteiger partial charge is 0.346 e. The van der Waals surface area contributed by atoms with Crippen LogP contribution in [0.15, 0.2) is 36.7 Å². The molecule has 0 spiro atoms. The van der Waals surface area contributed by atoms with E-state index in [2.05, 4.69) is 22.1 Å². The first-order valence-electron chi connectivity index (χ1n) is 11.0. The highest BCUT2D eigenvalue weighted by Gasteiger charge is 2.32. The molecular weight excluding hydrogens is 433 g/mol. The third-order valence-corrected chi connectivity index (χ3v) is 6.43. The Labute approximate surface area is 190 Å². The lowest BCUT2D eigenvalue weighted by atomic mass is 9.87. The number of nitrogens with one attached hydrogen (secondary N) is 1. The van der Waals surface area contributed by atoms with Gasteiger partial charge in [0, 0.05) is 50.9 Å². The van der Waals surface area contributed by atoms with Crippen LogP contribution in [0.5, 0.6) is 0 Å². The Hall–Kier alpha value is -2.94. The Morgan fingerprint density at radius 1 is 1.24 bits per heavy atom. The molecule has 1 saturated heterocycles. The average Bonchev–Trinajstić information content (AvgIpc) is 2.74. The molecule has 0 bridgehead atoms. The number of likely N-dealkylation sites (tertiary alicyclic amines) is 1. The number of rotatable bonds is 4. The van der Waals surface area contributed by atoms with Crippen LogP contribution in [0.2, 0.25) is 0 Å². The predicted octanol–water partition coefficient (Wildman–Crippen LogP) is 3.98. The molecule has 0 saturated carbocycles. The standard InChI is InChI=1S/C24H27F3N4O2/c1-15-13-31(20-5-6-30(2)22(32)9-20)14-18-8-17(3-4-21(15)18)23(33)29-19-7-16(11-28-12-19)10-24(25,26)27/h3-4,7-8,11-12,15,20H,5-6,9-10,13-14H2,1-2H3,(H,29,33). The van der Waals surface area contributed by atoms with Crippen LogP contribution in [0.3, 0.4) is 0 Å². The summed E-state index contributed by atoms with van der Waals surface area (Å²) in [5.41, 5.74) is 2.86. The molecule has 1 fully saturated rings. The number of benzene rings is 1. The van der Waals surface area contributed by atoms with Crippen molar-refractivity contribution in [1.29, 1.82) is 0 Å². The molecule has 2 unspecified atom stereocenters. The monoisotopic (exact) mass is 460 g/mol. The van der Waals surface area contributed by atoms with Gasteiger partial charge in [0.1, 0.15) is 0 Å². The first kappa shape index (κ1) is 23.2. The van der Waals surface area contributed by atoms with Crippen molar-refractivity contribution in [2.75, 3.05) is 25.5 Å². The topological polar surface area (TPSA) is 65.5 Å². The molecule has 0 aliphatic carbocycles. The number of amides is 2. The van der Waals surface area contributed by atoms with Gasteiger partial charge in [0.15, 0.2) is 0 Å².